The van der Waals surface area contributed by atoms with Crippen LogP contribution in [0.15, 0.2) is 0 Å². The molecule has 1 fully saturated rings. The number of nitrogens with one attached hydrogen (secondary N) is 1. The van der Waals surface area contributed by atoms with E-state index >= 15 is 0 Å². The molecule has 3 heteroatoms. The molecule has 1 aromatic rings. The number of aryl methyl sites for hydroxylation is 1. The number of nitrogens with zero attached hydrogens (tertiary/aromatic N) is 1. The van der Waals surface area contributed by atoms with Gasteiger partial charge in [-0.15, -0.1) is 11.3 Å². The van der Waals surface area contributed by atoms with Crippen molar-refractivity contribution >= 4 is 11.3 Å². The van der Waals surface area contributed by atoms with Gasteiger partial charge in [0.25, 0.3) is 0 Å². The normalized spacial score (nSPS) is 20.2. The molecular formula is C15H26N2S. The summed E-state index contributed by atoms with van der Waals surface area (Å²) in [6.45, 7) is 11.1. The molecule has 0 radical (unpaired) electrons. The van der Waals surface area contributed by atoms with Crippen molar-refractivity contribution in [3.05, 3.63) is 15.6 Å². The lowest BCUT2D eigenvalue weighted by molar-refractivity contribution is 0.224. The van der Waals surface area contributed by atoms with E-state index in [2.05, 4.69) is 33.0 Å². The summed E-state index contributed by atoms with van der Waals surface area (Å²) in [5.74, 6) is 0.720. The minimum absolute atomic E-state index is 0.551. The van der Waals surface area contributed by atoms with Crippen LogP contribution in [0, 0.1) is 12.3 Å². The van der Waals surface area contributed by atoms with E-state index in [9.17, 15) is 0 Å². The average Bonchev–Trinajstić information content (AvgIpc) is 2.68. The molecule has 0 aliphatic heterocycles. The van der Waals surface area contributed by atoms with Crippen molar-refractivity contribution in [3.8, 4) is 0 Å². The zero-order chi connectivity index (χ0) is 13.2. The number of rotatable bonds is 4. The maximum atomic E-state index is 4.81. The topological polar surface area (TPSA) is 24.9 Å². The van der Waals surface area contributed by atoms with Crippen LogP contribution in [0.4, 0.5) is 0 Å². The predicted octanol–water partition coefficient (Wildman–Crippen LogP) is 4.24. The smallest absolute Gasteiger partial charge is 0.0962 e. The summed E-state index contributed by atoms with van der Waals surface area (Å²) in [7, 11) is 0. The van der Waals surface area contributed by atoms with Crippen LogP contribution in [0.1, 0.15) is 68.0 Å². The SMILES string of the molecule is CCNCc1sc(C2CCC(C)(C)CC2)nc1C. The Morgan fingerprint density at radius 3 is 2.61 bits per heavy atom. The third kappa shape index (κ3) is 3.33. The molecule has 1 aromatic heterocycles. The average molecular weight is 266 g/mol. The second-order valence-electron chi connectivity index (χ2n) is 6.28. The van der Waals surface area contributed by atoms with Gasteiger partial charge in [0.15, 0.2) is 0 Å². The highest BCUT2D eigenvalue weighted by Gasteiger charge is 2.29. The molecule has 0 unspecified atom stereocenters. The maximum Gasteiger partial charge on any atom is 0.0962 e. The van der Waals surface area contributed by atoms with E-state index in [1.807, 2.05) is 11.3 Å². The highest BCUT2D eigenvalue weighted by Crippen LogP contribution is 2.43. The molecule has 0 spiro atoms. The highest BCUT2D eigenvalue weighted by atomic mass is 32.1. The molecule has 0 atom stereocenters. The van der Waals surface area contributed by atoms with Crippen LogP contribution in [0.5, 0.6) is 0 Å². The summed E-state index contributed by atoms with van der Waals surface area (Å²) in [4.78, 5) is 6.24. The van der Waals surface area contributed by atoms with Gasteiger partial charge in [-0.2, -0.15) is 0 Å². The Labute approximate surface area is 115 Å². The van der Waals surface area contributed by atoms with Crippen molar-refractivity contribution in [1.82, 2.24) is 10.3 Å². The molecule has 1 saturated carbocycles. The first kappa shape index (κ1) is 14.0. The lowest BCUT2D eigenvalue weighted by Crippen LogP contribution is -2.20. The van der Waals surface area contributed by atoms with Crippen molar-refractivity contribution in [3.63, 3.8) is 0 Å². The third-order valence-corrected chi connectivity index (χ3v) is 5.45. The summed E-state index contributed by atoms with van der Waals surface area (Å²) >= 11 is 1.93. The zero-order valence-electron chi connectivity index (χ0n) is 12.2. The first-order valence-corrected chi connectivity index (χ1v) is 8.00. The molecule has 0 amide bonds. The van der Waals surface area contributed by atoms with Crippen molar-refractivity contribution < 1.29 is 0 Å². The molecule has 0 aromatic carbocycles. The number of hydrogen-bond acceptors (Lipinski definition) is 3. The molecule has 1 N–H and O–H groups in total. The summed E-state index contributed by atoms with van der Waals surface area (Å²) in [6.07, 6.45) is 5.33. The lowest BCUT2D eigenvalue weighted by Gasteiger charge is -2.33. The lowest BCUT2D eigenvalue weighted by atomic mass is 9.73. The summed E-state index contributed by atoms with van der Waals surface area (Å²) in [5, 5.41) is 4.79. The Bertz CT molecular complexity index is 385. The molecule has 102 valence electrons. The Balaban J connectivity index is 2.01. The largest absolute Gasteiger partial charge is 0.312 e. The van der Waals surface area contributed by atoms with Crippen molar-refractivity contribution in [1.29, 1.82) is 0 Å². The van der Waals surface area contributed by atoms with Crippen LogP contribution in [-0.4, -0.2) is 11.5 Å². The second-order valence-corrected chi connectivity index (χ2v) is 7.39. The quantitative estimate of drug-likeness (QED) is 0.881. The van der Waals surface area contributed by atoms with E-state index in [0.717, 1.165) is 19.0 Å². The molecule has 0 saturated heterocycles. The first-order chi connectivity index (χ1) is 8.52. The van der Waals surface area contributed by atoms with E-state index in [0.29, 0.717) is 5.41 Å². The Kier molecular flexibility index (Phi) is 4.44. The zero-order valence-corrected chi connectivity index (χ0v) is 13.0. The van der Waals surface area contributed by atoms with Gasteiger partial charge < -0.3 is 5.32 Å². The van der Waals surface area contributed by atoms with E-state index < -0.39 is 0 Å². The number of aromatic nitrogens is 1. The van der Waals surface area contributed by atoms with E-state index in [1.54, 1.807) is 0 Å². The highest BCUT2D eigenvalue weighted by molar-refractivity contribution is 7.11. The molecule has 2 rings (SSSR count). The Morgan fingerprint density at radius 1 is 1.33 bits per heavy atom. The minimum Gasteiger partial charge on any atom is -0.312 e. The van der Waals surface area contributed by atoms with Gasteiger partial charge in [-0.1, -0.05) is 20.8 Å². The monoisotopic (exact) mass is 266 g/mol. The van der Waals surface area contributed by atoms with E-state index in [4.69, 9.17) is 4.98 Å². The number of thiazole rings is 1. The van der Waals surface area contributed by atoms with Gasteiger partial charge in [-0.05, 0) is 44.6 Å². The molecule has 0 bridgehead atoms. The summed E-state index contributed by atoms with van der Waals surface area (Å²) in [6, 6.07) is 0. The van der Waals surface area contributed by atoms with Gasteiger partial charge in [0, 0.05) is 17.3 Å². The van der Waals surface area contributed by atoms with Crippen LogP contribution >= 0.6 is 11.3 Å². The standard InChI is InChI=1S/C15H26N2S/c1-5-16-10-13-11(2)17-14(18-13)12-6-8-15(3,4)9-7-12/h12,16H,5-10H2,1-4H3. The predicted molar refractivity (Wildman–Crippen MR) is 79.2 cm³/mol. The van der Waals surface area contributed by atoms with Crippen molar-refractivity contribution in [2.75, 3.05) is 6.54 Å². The first-order valence-electron chi connectivity index (χ1n) is 7.19. The van der Waals surface area contributed by atoms with Gasteiger partial charge >= 0.3 is 0 Å². The second kappa shape index (κ2) is 5.70. The van der Waals surface area contributed by atoms with Crippen LogP contribution in [0.25, 0.3) is 0 Å². The minimum atomic E-state index is 0.551. The van der Waals surface area contributed by atoms with Crippen molar-refractivity contribution in [2.45, 2.75) is 65.8 Å². The number of hydrogen-bond donors (Lipinski definition) is 1. The maximum absolute atomic E-state index is 4.81. The summed E-state index contributed by atoms with van der Waals surface area (Å²) in [5.41, 5.74) is 1.79. The summed E-state index contributed by atoms with van der Waals surface area (Å²) < 4.78 is 0. The van der Waals surface area contributed by atoms with Gasteiger partial charge in [-0.3, -0.25) is 0 Å². The van der Waals surface area contributed by atoms with E-state index in [1.165, 1.54) is 41.3 Å². The van der Waals surface area contributed by atoms with Crippen LogP contribution in [0.2, 0.25) is 0 Å². The molecule has 18 heavy (non-hydrogen) atoms. The van der Waals surface area contributed by atoms with Crippen LogP contribution in [-0.2, 0) is 6.54 Å². The van der Waals surface area contributed by atoms with Gasteiger partial charge in [0.2, 0.25) is 0 Å². The fourth-order valence-corrected chi connectivity index (χ4v) is 3.88. The molecule has 1 heterocycles. The molecule has 2 nitrogen and oxygen atoms in total. The van der Waals surface area contributed by atoms with Gasteiger partial charge in [-0.25, -0.2) is 4.98 Å². The Morgan fingerprint density at radius 2 is 2.00 bits per heavy atom. The van der Waals surface area contributed by atoms with Gasteiger partial charge in [0.1, 0.15) is 0 Å². The third-order valence-electron chi connectivity index (χ3n) is 4.13. The molecular weight excluding hydrogens is 240 g/mol. The van der Waals surface area contributed by atoms with Crippen LogP contribution < -0.4 is 5.32 Å². The molecule has 1 aliphatic rings. The fourth-order valence-electron chi connectivity index (χ4n) is 2.67. The van der Waals surface area contributed by atoms with Crippen LogP contribution in [0.3, 0.4) is 0 Å². The van der Waals surface area contributed by atoms with Crippen molar-refractivity contribution in [2.24, 2.45) is 5.41 Å². The Hall–Kier alpha value is -0.410. The molecule has 1 aliphatic carbocycles. The fraction of sp³-hybridized carbons (Fsp3) is 0.800. The van der Waals surface area contributed by atoms with E-state index in [-0.39, 0.29) is 0 Å². The van der Waals surface area contributed by atoms with Gasteiger partial charge in [0.05, 0.1) is 10.7 Å².